The molecule has 1 aliphatic heterocycles. The second-order valence-electron chi connectivity index (χ2n) is 10.1. The fourth-order valence-electron chi connectivity index (χ4n) is 5.61. The van der Waals surface area contributed by atoms with E-state index in [0.29, 0.717) is 24.2 Å². The molecule has 8 nitrogen and oxygen atoms in total. The number of hydrogen-bond acceptors (Lipinski definition) is 4. The molecule has 5 aromatic rings. The Labute approximate surface area is 238 Å². The number of carbonyl (C=O) groups is 2. The number of fused-ring (bicyclic) bond motifs is 3. The molecule has 0 unspecified atom stereocenters. The molecule has 0 saturated heterocycles. The lowest BCUT2D eigenvalue weighted by Gasteiger charge is -2.31. The summed E-state index contributed by atoms with van der Waals surface area (Å²) in [5.41, 5.74) is 6.54. The molecule has 1 N–H and O–H groups in total. The predicted molar refractivity (Wildman–Crippen MR) is 158 cm³/mol. The maximum atomic E-state index is 14.3. The Balaban J connectivity index is 1.54. The van der Waals surface area contributed by atoms with E-state index in [2.05, 4.69) is 35.0 Å². The number of aryl methyl sites for hydroxylation is 2. The van der Waals surface area contributed by atoms with E-state index in [4.69, 9.17) is 9.84 Å². The van der Waals surface area contributed by atoms with Gasteiger partial charge in [0.1, 0.15) is 5.82 Å². The Morgan fingerprint density at radius 1 is 0.976 bits per heavy atom. The maximum Gasteiger partial charge on any atom is 0.339 e. The molecular weight excluding hydrogens is 514 g/mol. The monoisotopic (exact) mass is 545 g/mol. The number of nitrogens with one attached hydrogen (secondary N) is 1. The number of rotatable bonds is 5. The van der Waals surface area contributed by atoms with E-state index in [-0.39, 0.29) is 6.03 Å². The molecule has 0 fully saturated rings. The van der Waals surface area contributed by atoms with Crippen LogP contribution in [0.3, 0.4) is 0 Å². The topological polar surface area (TPSA) is 81.4 Å². The number of methoxy groups -OCH3 is 1. The third-order valence-corrected chi connectivity index (χ3v) is 7.50. The number of esters is 1. The predicted octanol–water partition coefficient (Wildman–Crippen LogP) is 6.46. The van der Waals surface area contributed by atoms with Gasteiger partial charge in [0.2, 0.25) is 0 Å². The van der Waals surface area contributed by atoms with Gasteiger partial charge in [-0.3, -0.25) is 0 Å². The van der Waals surface area contributed by atoms with Crippen molar-refractivity contribution in [2.45, 2.75) is 32.9 Å². The molecule has 206 valence electrons. The van der Waals surface area contributed by atoms with E-state index >= 15 is 0 Å². The molecule has 0 bridgehead atoms. The molecule has 1 aliphatic rings. The van der Waals surface area contributed by atoms with Crippen LogP contribution in [0.25, 0.3) is 11.5 Å². The number of aromatic nitrogens is 3. The van der Waals surface area contributed by atoms with Crippen LogP contribution in [0.4, 0.5) is 10.5 Å². The van der Waals surface area contributed by atoms with Crippen LogP contribution in [-0.2, 0) is 17.7 Å². The van der Waals surface area contributed by atoms with Gasteiger partial charge in [-0.15, -0.1) is 0 Å². The van der Waals surface area contributed by atoms with Crippen molar-refractivity contribution in [3.05, 3.63) is 131 Å². The van der Waals surface area contributed by atoms with Crippen molar-refractivity contribution in [2.24, 2.45) is 0 Å². The van der Waals surface area contributed by atoms with E-state index in [1.807, 2.05) is 71.2 Å². The highest BCUT2D eigenvalue weighted by Gasteiger charge is 2.36. The number of nitrogens with zero attached hydrogens (tertiary/aromatic N) is 4. The van der Waals surface area contributed by atoms with E-state index in [1.165, 1.54) is 7.11 Å². The summed E-state index contributed by atoms with van der Waals surface area (Å²) in [5, 5.41) is 8.03. The molecule has 41 heavy (non-hydrogen) atoms. The summed E-state index contributed by atoms with van der Waals surface area (Å²) in [5.74, 6) is 0.400. The van der Waals surface area contributed by atoms with Crippen molar-refractivity contribution in [3.63, 3.8) is 0 Å². The van der Waals surface area contributed by atoms with Crippen LogP contribution in [0, 0.1) is 6.92 Å². The number of anilines is 1. The molecule has 2 aromatic heterocycles. The van der Waals surface area contributed by atoms with E-state index in [9.17, 15) is 9.59 Å². The minimum absolute atomic E-state index is 0.292. The Bertz CT molecular complexity index is 1740. The largest absolute Gasteiger partial charge is 0.465 e. The summed E-state index contributed by atoms with van der Waals surface area (Å²) in [4.78, 5) is 28.6. The first-order valence-electron chi connectivity index (χ1n) is 13.7. The van der Waals surface area contributed by atoms with E-state index in [1.54, 1.807) is 24.3 Å². The molecule has 3 aromatic carbocycles. The summed E-state index contributed by atoms with van der Waals surface area (Å²) in [6, 6.07) is 28.5. The summed E-state index contributed by atoms with van der Waals surface area (Å²) >= 11 is 0. The van der Waals surface area contributed by atoms with Gasteiger partial charge in [-0.25, -0.2) is 14.3 Å². The Morgan fingerprint density at radius 3 is 2.51 bits per heavy atom. The van der Waals surface area contributed by atoms with Crippen LogP contribution in [0.15, 0.2) is 97.2 Å². The van der Waals surface area contributed by atoms with Gasteiger partial charge in [0.25, 0.3) is 0 Å². The van der Waals surface area contributed by atoms with Gasteiger partial charge in [0, 0.05) is 11.8 Å². The number of amides is 2. The summed E-state index contributed by atoms with van der Waals surface area (Å²) in [6.07, 6.45) is 2.74. The Morgan fingerprint density at radius 2 is 1.76 bits per heavy atom. The molecule has 6 rings (SSSR count). The SMILES string of the molecule is CCc1nn(-c2ccccc2)c2c1CN(C(=O)Nc1ccccc1C(=O)OC)[C@H](c1cccc(C)c1)c1cccn1-2. The van der Waals surface area contributed by atoms with E-state index in [0.717, 1.165) is 39.6 Å². The normalized spacial score (nSPS) is 14.1. The Kier molecular flexibility index (Phi) is 6.89. The molecule has 0 aliphatic carbocycles. The molecule has 0 saturated carbocycles. The highest BCUT2D eigenvalue weighted by atomic mass is 16.5. The highest BCUT2D eigenvalue weighted by molar-refractivity contribution is 6.01. The average molecular weight is 546 g/mol. The van der Waals surface area contributed by atoms with Gasteiger partial charge >= 0.3 is 12.0 Å². The summed E-state index contributed by atoms with van der Waals surface area (Å²) < 4.78 is 9.09. The number of para-hydroxylation sites is 2. The highest BCUT2D eigenvalue weighted by Crippen LogP contribution is 2.39. The fourth-order valence-corrected chi connectivity index (χ4v) is 5.61. The first-order chi connectivity index (χ1) is 20.0. The van der Waals surface area contributed by atoms with Crippen molar-refractivity contribution in [2.75, 3.05) is 12.4 Å². The van der Waals surface area contributed by atoms with Crippen LogP contribution in [0.5, 0.6) is 0 Å². The molecule has 1 atom stereocenters. The second-order valence-corrected chi connectivity index (χ2v) is 10.1. The van der Waals surface area contributed by atoms with E-state index < -0.39 is 12.0 Å². The van der Waals surface area contributed by atoms with Crippen LogP contribution in [0.1, 0.15) is 51.4 Å². The lowest BCUT2D eigenvalue weighted by atomic mass is 10.00. The Hall–Kier alpha value is -5.11. The number of benzene rings is 3. The smallest absolute Gasteiger partial charge is 0.339 e. The molecule has 2 amide bonds. The van der Waals surface area contributed by atoms with Crippen LogP contribution >= 0.6 is 0 Å². The molecule has 3 heterocycles. The van der Waals surface area contributed by atoms with Gasteiger partial charge in [-0.1, -0.05) is 67.1 Å². The van der Waals surface area contributed by atoms with Crippen molar-refractivity contribution < 1.29 is 14.3 Å². The summed E-state index contributed by atoms with van der Waals surface area (Å²) in [7, 11) is 1.33. The zero-order valence-corrected chi connectivity index (χ0v) is 23.2. The first-order valence-corrected chi connectivity index (χ1v) is 13.7. The van der Waals surface area contributed by atoms with Crippen molar-refractivity contribution in [1.29, 1.82) is 0 Å². The minimum atomic E-state index is -0.513. The van der Waals surface area contributed by atoms with Crippen molar-refractivity contribution in [3.8, 4) is 11.5 Å². The number of ether oxygens (including phenoxy) is 1. The summed E-state index contributed by atoms with van der Waals surface area (Å²) in [6.45, 7) is 4.44. The second kappa shape index (κ2) is 10.8. The zero-order chi connectivity index (χ0) is 28.5. The van der Waals surface area contributed by atoms with Crippen LogP contribution in [-0.4, -0.2) is 38.4 Å². The molecular formula is C33H31N5O3. The molecule has 0 radical (unpaired) electrons. The number of urea groups is 1. The number of carbonyl (C=O) groups excluding carboxylic acids is 2. The first kappa shape index (κ1) is 26.1. The fraction of sp³-hybridized carbons (Fsp3) is 0.182. The minimum Gasteiger partial charge on any atom is -0.465 e. The van der Waals surface area contributed by atoms with Gasteiger partial charge in [-0.05, 0) is 55.3 Å². The van der Waals surface area contributed by atoms with Gasteiger partial charge in [0.05, 0.1) is 48.0 Å². The van der Waals surface area contributed by atoms with Crippen molar-refractivity contribution in [1.82, 2.24) is 19.2 Å². The van der Waals surface area contributed by atoms with Gasteiger partial charge in [-0.2, -0.15) is 5.10 Å². The third kappa shape index (κ3) is 4.67. The quantitative estimate of drug-likeness (QED) is 0.257. The van der Waals surface area contributed by atoms with Crippen molar-refractivity contribution >= 4 is 17.7 Å². The molecule has 8 heteroatoms. The molecule has 0 spiro atoms. The van der Waals surface area contributed by atoms with Gasteiger partial charge < -0.3 is 19.5 Å². The standard InChI is InChI=1S/C33H31N5O3/c1-4-27-26-21-37(33(40)34-28-17-9-8-16-25(28)32(39)41-3)30(23-13-10-12-22(2)20-23)29-18-11-19-36(29)31(26)38(35-27)24-14-6-5-7-15-24/h5-20,30H,4,21H2,1-3H3,(H,34,40)/t30-/m1/s1. The third-order valence-electron chi connectivity index (χ3n) is 7.50. The van der Waals surface area contributed by atoms with Crippen LogP contribution in [0.2, 0.25) is 0 Å². The zero-order valence-electron chi connectivity index (χ0n) is 23.2. The lowest BCUT2D eigenvalue weighted by molar-refractivity contribution is 0.0602. The number of hydrogen-bond donors (Lipinski definition) is 1. The van der Waals surface area contributed by atoms with Crippen LogP contribution < -0.4 is 5.32 Å². The average Bonchev–Trinajstić information content (AvgIpc) is 3.58. The lowest BCUT2D eigenvalue weighted by Crippen LogP contribution is -2.38. The maximum absolute atomic E-state index is 14.3. The van der Waals surface area contributed by atoms with Gasteiger partial charge in [0.15, 0.2) is 0 Å².